The SMILES string of the molecule is C=Cc1c(C(=C)N(C)c2cccc(CN(C)C(=C)C)c2)c(C)n(-c2cccc(C)c2)c1C. The molecule has 0 radical (unpaired) electrons. The average molecular weight is 426 g/mol. The van der Waals surface area contributed by atoms with Crippen molar-refractivity contribution in [2.75, 3.05) is 19.0 Å². The molecule has 0 N–H and O–H groups in total. The predicted molar refractivity (Wildman–Crippen MR) is 140 cm³/mol. The van der Waals surface area contributed by atoms with E-state index in [1.807, 2.05) is 13.0 Å². The van der Waals surface area contributed by atoms with Gasteiger partial charge < -0.3 is 14.4 Å². The van der Waals surface area contributed by atoms with Gasteiger partial charge in [0.2, 0.25) is 0 Å². The predicted octanol–water partition coefficient (Wildman–Crippen LogP) is 7.12. The molecule has 3 aromatic rings. The number of rotatable bonds is 8. The topological polar surface area (TPSA) is 11.4 Å². The maximum atomic E-state index is 4.50. The second-order valence-corrected chi connectivity index (χ2v) is 8.60. The van der Waals surface area contributed by atoms with Gasteiger partial charge in [0.1, 0.15) is 0 Å². The van der Waals surface area contributed by atoms with Crippen LogP contribution in [0.2, 0.25) is 0 Å². The summed E-state index contributed by atoms with van der Waals surface area (Å²) in [5.41, 5.74) is 11.3. The van der Waals surface area contributed by atoms with Crippen LogP contribution in [0.3, 0.4) is 0 Å². The second kappa shape index (κ2) is 9.35. The summed E-state index contributed by atoms with van der Waals surface area (Å²) in [7, 11) is 4.14. The van der Waals surface area contributed by atoms with E-state index in [0.717, 1.165) is 46.1 Å². The Morgan fingerprint density at radius 2 is 1.66 bits per heavy atom. The van der Waals surface area contributed by atoms with Crippen LogP contribution in [-0.2, 0) is 6.54 Å². The van der Waals surface area contributed by atoms with E-state index in [9.17, 15) is 0 Å². The molecule has 0 unspecified atom stereocenters. The zero-order valence-electron chi connectivity index (χ0n) is 20.4. The lowest BCUT2D eigenvalue weighted by Crippen LogP contribution is -2.17. The molecule has 0 saturated carbocycles. The zero-order valence-corrected chi connectivity index (χ0v) is 20.4. The van der Waals surface area contributed by atoms with Crippen molar-refractivity contribution in [2.45, 2.75) is 34.2 Å². The highest BCUT2D eigenvalue weighted by Crippen LogP contribution is 2.35. The van der Waals surface area contributed by atoms with Gasteiger partial charge in [-0.2, -0.15) is 0 Å². The van der Waals surface area contributed by atoms with Crippen LogP contribution >= 0.6 is 0 Å². The van der Waals surface area contributed by atoms with E-state index in [2.05, 4.69) is 118 Å². The maximum Gasteiger partial charge on any atom is 0.0458 e. The minimum Gasteiger partial charge on any atom is -0.374 e. The number of anilines is 1. The van der Waals surface area contributed by atoms with Crippen molar-refractivity contribution in [1.29, 1.82) is 0 Å². The summed E-state index contributed by atoms with van der Waals surface area (Å²) in [5.74, 6) is 0. The normalized spacial score (nSPS) is 10.7. The van der Waals surface area contributed by atoms with Gasteiger partial charge in [0.15, 0.2) is 0 Å². The number of nitrogens with zero attached hydrogens (tertiary/aromatic N) is 3. The van der Waals surface area contributed by atoms with E-state index in [1.54, 1.807) is 0 Å². The molecule has 1 heterocycles. The number of aromatic nitrogens is 1. The Bertz CT molecular complexity index is 1180. The smallest absolute Gasteiger partial charge is 0.0458 e. The summed E-state index contributed by atoms with van der Waals surface area (Å²) in [4.78, 5) is 4.32. The highest BCUT2D eigenvalue weighted by Gasteiger charge is 2.21. The highest BCUT2D eigenvalue weighted by molar-refractivity contribution is 5.84. The van der Waals surface area contributed by atoms with Crippen LogP contribution in [0.4, 0.5) is 5.69 Å². The molecule has 0 spiro atoms. The first-order valence-corrected chi connectivity index (χ1v) is 11.0. The van der Waals surface area contributed by atoms with E-state index < -0.39 is 0 Å². The maximum absolute atomic E-state index is 4.50. The van der Waals surface area contributed by atoms with E-state index >= 15 is 0 Å². The van der Waals surface area contributed by atoms with Crippen LogP contribution in [0.5, 0.6) is 0 Å². The molecular formula is C29H35N3. The third-order valence-electron chi connectivity index (χ3n) is 6.22. The number of hydrogen-bond acceptors (Lipinski definition) is 2. The van der Waals surface area contributed by atoms with Crippen molar-refractivity contribution in [3.05, 3.63) is 108 Å². The van der Waals surface area contributed by atoms with Crippen LogP contribution in [-0.4, -0.2) is 23.6 Å². The third-order valence-corrected chi connectivity index (χ3v) is 6.22. The summed E-state index contributed by atoms with van der Waals surface area (Å²) >= 11 is 0. The molecule has 0 aliphatic rings. The van der Waals surface area contributed by atoms with Crippen LogP contribution in [0.15, 0.2) is 74.0 Å². The molecule has 0 saturated heterocycles. The standard InChI is InChI=1S/C29H35N3/c1-10-28-22(5)32(27-16-11-13-21(4)17-27)24(7)29(28)23(6)31(9)26-15-12-14-25(18-26)19-30(8)20(2)3/h10-18H,1-2,6,19H2,3-5,7-9H3. The Balaban J connectivity index is 2.02. The molecule has 0 fully saturated rings. The first-order valence-electron chi connectivity index (χ1n) is 11.0. The van der Waals surface area contributed by atoms with Crippen LogP contribution in [0.1, 0.15) is 40.6 Å². The first-order chi connectivity index (χ1) is 15.1. The summed E-state index contributed by atoms with van der Waals surface area (Å²) in [5, 5.41) is 0. The van der Waals surface area contributed by atoms with Gasteiger partial charge >= 0.3 is 0 Å². The van der Waals surface area contributed by atoms with Crippen LogP contribution in [0.25, 0.3) is 17.5 Å². The third kappa shape index (κ3) is 4.43. The Kier molecular flexibility index (Phi) is 6.78. The summed E-state index contributed by atoms with van der Waals surface area (Å²) in [6.45, 7) is 21.9. The molecule has 3 heteroatoms. The lowest BCUT2D eigenvalue weighted by Gasteiger charge is -2.25. The average Bonchev–Trinajstić information content (AvgIpc) is 3.01. The number of benzene rings is 2. The fraction of sp³-hybridized carbons (Fsp3) is 0.241. The van der Waals surface area contributed by atoms with E-state index in [0.29, 0.717) is 0 Å². The van der Waals surface area contributed by atoms with Crippen molar-refractivity contribution in [3.8, 4) is 5.69 Å². The molecule has 0 aliphatic heterocycles. The minimum atomic E-state index is 0.823. The van der Waals surface area contributed by atoms with Crippen LogP contribution in [0, 0.1) is 20.8 Å². The zero-order chi connectivity index (χ0) is 23.6. The van der Waals surface area contributed by atoms with Gasteiger partial charge in [0.05, 0.1) is 0 Å². The molecular weight excluding hydrogens is 390 g/mol. The van der Waals surface area contributed by atoms with Crippen molar-refractivity contribution >= 4 is 17.5 Å². The van der Waals surface area contributed by atoms with Gasteiger partial charge in [-0.05, 0) is 63.1 Å². The largest absolute Gasteiger partial charge is 0.374 e. The molecule has 3 nitrogen and oxygen atoms in total. The molecule has 1 aromatic heterocycles. The van der Waals surface area contributed by atoms with Gasteiger partial charge in [-0.15, -0.1) is 0 Å². The van der Waals surface area contributed by atoms with Gasteiger partial charge in [-0.1, -0.05) is 50.1 Å². The molecule has 2 aromatic carbocycles. The lowest BCUT2D eigenvalue weighted by molar-refractivity contribution is 0.414. The molecule has 166 valence electrons. The van der Waals surface area contributed by atoms with Gasteiger partial charge in [-0.3, -0.25) is 0 Å². The van der Waals surface area contributed by atoms with Crippen molar-refractivity contribution in [1.82, 2.24) is 9.47 Å². The molecule has 3 rings (SSSR count). The minimum absolute atomic E-state index is 0.823. The molecule has 0 atom stereocenters. The first kappa shape index (κ1) is 23.2. The quantitative estimate of drug-likeness (QED) is 0.381. The fourth-order valence-electron chi connectivity index (χ4n) is 4.22. The van der Waals surface area contributed by atoms with Crippen LogP contribution < -0.4 is 4.90 Å². The van der Waals surface area contributed by atoms with E-state index in [4.69, 9.17) is 0 Å². The van der Waals surface area contributed by atoms with Crippen molar-refractivity contribution in [3.63, 3.8) is 0 Å². The van der Waals surface area contributed by atoms with Gasteiger partial charge in [0, 0.05) is 65.9 Å². The summed E-state index contributed by atoms with van der Waals surface area (Å²) in [6.07, 6.45) is 1.95. The highest BCUT2D eigenvalue weighted by atomic mass is 15.1. The summed E-state index contributed by atoms with van der Waals surface area (Å²) < 4.78 is 2.30. The van der Waals surface area contributed by atoms with E-state index in [-0.39, 0.29) is 0 Å². The Morgan fingerprint density at radius 3 is 2.28 bits per heavy atom. The second-order valence-electron chi connectivity index (χ2n) is 8.60. The fourth-order valence-corrected chi connectivity index (χ4v) is 4.22. The lowest BCUT2D eigenvalue weighted by atomic mass is 10.0. The Hall–Kier alpha value is -3.46. The van der Waals surface area contributed by atoms with Crippen molar-refractivity contribution in [2.24, 2.45) is 0 Å². The molecule has 0 aliphatic carbocycles. The Labute approximate surface area is 193 Å². The molecule has 0 amide bonds. The monoisotopic (exact) mass is 425 g/mol. The van der Waals surface area contributed by atoms with Crippen molar-refractivity contribution < 1.29 is 0 Å². The number of allylic oxidation sites excluding steroid dienone is 1. The summed E-state index contributed by atoms with van der Waals surface area (Å²) in [6, 6.07) is 17.2. The number of aryl methyl sites for hydroxylation is 1. The molecule has 32 heavy (non-hydrogen) atoms. The Morgan fingerprint density at radius 1 is 0.969 bits per heavy atom. The van der Waals surface area contributed by atoms with Gasteiger partial charge in [-0.25, -0.2) is 0 Å². The molecule has 0 bridgehead atoms. The van der Waals surface area contributed by atoms with E-state index in [1.165, 1.54) is 16.8 Å². The van der Waals surface area contributed by atoms with Gasteiger partial charge in [0.25, 0.3) is 0 Å². The number of hydrogen-bond donors (Lipinski definition) is 0.